The molecule has 0 aromatic carbocycles. The third-order valence-corrected chi connectivity index (χ3v) is 4.97. The van der Waals surface area contributed by atoms with E-state index in [4.69, 9.17) is 0 Å². The Labute approximate surface area is 123 Å². The van der Waals surface area contributed by atoms with Gasteiger partial charge in [0.25, 0.3) is 5.91 Å². The molecule has 5 heteroatoms. The largest absolute Gasteiger partial charge is 0.480 e. The van der Waals surface area contributed by atoms with Gasteiger partial charge < -0.3 is 10.4 Å². The zero-order valence-electron chi connectivity index (χ0n) is 12.0. The van der Waals surface area contributed by atoms with Gasteiger partial charge in [-0.05, 0) is 32.8 Å². The highest BCUT2D eigenvalue weighted by atomic mass is 32.1. The Bertz CT molecular complexity index is 513. The summed E-state index contributed by atoms with van der Waals surface area (Å²) >= 11 is 1.56. The molecule has 110 valence electrons. The van der Waals surface area contributed by atoms with Crippen molar-refractivity contribution in [3.8, 4) is 0 Å². The van der Waals surface area contributed by atoms with Gasteiger partial charge in [0.2, 0.25) is 0 Å². The van der Waals surface area contributed by atoms with Crippen LogP contribution in [0, 0.1) is 13.8 Å². The van der Waals surface area contributed by atoms with Crippen molar-refractivity contribution in [1.82, 2.24) is 5.32 Å². The molecule has 1 saturated carbocycles. The van der Waals surface area contributed by atoms with Crippen molar-refractivity contribution in [2.24, 2.45) is 0 Å². The lowest BCUT2D eigenvalue weighted by atomic mass is 9.90. The molecule has 2 rings (SSSR count). The Morgan fingerprint density at radius 2 is 1.80 bits per heavy atom. The maximum absolute atomic E-state index is 12.4. The van der Waals surface area contributed by atoms with E-state index in [0.29, 0.717) is 18.4 Å². The fourth-order valence-corrected chi connectivity index (χ4v) is 3.79. The molecule has 1 fully saturated rings. The van der Waals surface area contributed by atoms with Gasteiger partial charge in [0.15, 0.2) is 0 Å². The molecular formula is C15H21NO3S. The van der Waals surface area contributed by atoms with Gasteiger partial charge in [-0.25, -0.2) is 4.79 Å². The molecule has 0 atom stereocenters. The normalized spacial score (nSPS) is 18.3. The van der Waals surface area contributed by atoms with Crippen LogP contribution >= 0.6 is 11.3 Å². The Hall–Kier alpha value is -1.36. The minimum absolute atomic E-state index is 0.254. The van der Waals surface area contributed by atoms with E-state index in [0.717, 1.165) is 35.4 Å². The third-order valence-electron chi connectivity index (χ3n) is 4.00. The second-order valence-electron chi connectivity index (χ2n) is 5.58. The number of hydrogen-bond acceptors (Lipinski definition) is 3. The van der Waals surface area contributed by atoms with E-state index in [1.54, 1.807) is 11.3 Å². The molecule has 1 aromatic heterocycles. The quantitative estimate of drug-likeness (QED) is 0.841. The number of carbonyl (C=O) groups excluding carboxylic acids is 1. The highest BCUT2D eigenvalue weighted by molar-refractivity contribution is 7.12. The summed E-state index contributed by atoms with van der Waals surface area (Å²) in [5.74, 6) is -1.16. The molecule has 0 bridgehead atoms. The molecule has 0 radical (unpaired) electrons. The Morgan fingerprint density at radius 1 is 1.20 bits per heavy atom. The minimum Gasteiger partial charge on any atom is -0.480 e. The molecule has 0 unspecified atom stereocenters. The summed E-state index contributed by atoms with van der Waals surface area (Å²) < 4.78 is 0. The molecule has 0 saturated heterocycles. The number of carboxylic acid groups (broad SMARTS) is 1. The van der Waals surface area contributed by atoms with Crippen LogP contribution < -0.4 is 5.32 Å². The molecule has 0 spiro atoms. The lowest BCUT2D eigenvalue weighted by Gasteiger charge is -2.29. The molecule has 2 N–H and O–H groups in total. The van der Waals surface area contributed by atoms with Gasteiger partial charge in [-0.2, -0.15) is 0 Å². The maximum atomic E-state index is 12.4. The van der Waals surface area contributed by atoms with Crippen molar-refractivity contribution in [2.75, 3.05) is 0 Å². The Kier molecular flexibility index (Phi) is 4.48. The predicted molar refractivity (Wildman–Crippen MR) is 79.3 cm³/mol. The molecule has 1 aliphatic carbocycles. The second kappa shape index (κ2) is 5.95. The van der Waals surface area contributed by atoms with Gasteiger partial charge in [0, 0.05) is 9.75 Å². The average molecular weight is 295 g/mol. The first-order chi connectivity index (χ1) is 9.44. The smallest absolute Gasteiger partial charge is 0.329 e. The average Bonchev–Trinajstić information content (AvgIpc) is 2.60. The zero-order valence-corrected chi connectivity index (χ0v) is 12.8. The number of aliphatic carboxylic acids is 1. The number of thiophene rings is 1. The summed E-state index contributed by atoms with van der Waals surface area (Å²) in [4.78, 5) is 26.1. The van der Waals surface area contributed by atoms with E-state index in [-0.39, 0.29) is 5.91 Å². The molecule has 1 aliphatic rings. The molecule has 1 amide bonds. The number of aryl methyl sites for hydroxylation is 2. The van der Waals surface area contributed by atoms with Crippen molar-refractivity contribution in [3.05, 3.63) is 21.4 Å². The molecule has 1 heterocycles. The van der Waals surface area contributed by atoms with E-state index >= 15 is 0 Å². The van der Waals surface area contributed by atoms with E-state index in [2.05, 4.69) is 5.32 Å². The van der Waals surface area contributed by atoms with Gasteiger partial charge in [0.1, 0.15) is 5.54 Å². The summed E-state index contributed by atoms with van der Waals surface area (Å²) in [7, 11) is 0. The number of hydrogen-bond donors (Lipinski definition) is 2. The van der Waals surface area contributed by atoms with Gasteiger partial charge in [-0.1, -0.05) is 25.7 Å². The predicted octanol–water partition coefficient (Wildman–Crippen LogP) is 3.27. The van der Waals surface area contributed by atoms with Gasteiger partial charge >= 0.3 is 5.97 Å². The van der Waals surface area contributed by atoms with E-state index in [1.807, 2.05) is 19.9 Å². The van der Waals surface area contributed by atoms with Crippen molar-refractivity contribution >= 4 is 23.2 Å². The standard InChI is InChI=1S/C15H21NO3S/c1-10-9-12(11(2)20-10)13(17)16-15(14(18)19)7-5-3-4-6-8-15/h9H,3-8H2,1-2H3,(H,16,17)(H,18,19). The van der Waals surface area contributed by atoms with E-state index < -0.39 is 11.5 Å². The Morgan fingerprint density at radius 3 is 2.25 bits per heavy atom. The zero-order chi connectivity index (χ0) is 14.8. The van der Waals surface area contributed by atoms with Crippen LogP contribution in [0.5, 0.6) is 0 Å². The fourth-order valence-electron chi connectivity index (χ4n) is 2.87. The molecular weight excluding hydrogens is 274 g/mol. The van der Waals surface area contributed by atoms with Gasteiger partial charge in [-0.3, -0.25) is 4.79 Å². The highest BCUT2D eigenvalue weighted by Crippen LogP contribution is 2.29. The minimum atomic E-state index is -1.09. The number of nitrogens with one attached hydrogen (secondary N) is 1. The van der Waals surface area contributed by atoms with Crippen LogP contribution in [0.25, 0.3) is 0 Å². The van der Waals surface area contributed by atoms with Crippen LogP contribution in [-0.4, -0.2) is 22.5 Å². The summed E-state index contributed by atoms with van der Waals surface area (Å²) in [6, 6.07) is 1.83. The summed E-state index contributed by atoms with van der Waals surface area (Å²) in [6.07, 6.45) is 4.85. The first kappa shape index (κ1) is 15.0. The number of rotatable bonds is 3. The van der Waals surface area contributed by atoms with Crippen LogP contribution in [0.3, 0.4) is 0 Å². The lowest BCUT2D eigenvalue weighted by Crippen LogP contribution is -2.54. The fraction of sp³-hybridized carbons (Fsp3) is 0.600. The van der Waals surface area contributed by atoms with Crippen LogP contribution in [0.1, 0.15) is 58.6 Å². The highest BCUT2D eigenvalue weighted by Gasteiger charge is 2.40. The van der Waals surface area contributed by atoms with Crippen LogP contribution in [-0.2, 0) is 4.79 Å². The van der Waals surface area contributed by atoms with E-state index in [9.17, 15) is 14.7 Å². The molecule has 4 nitrogen and oxygen atoms in total. The lowest BCUT2D eigenvalue weighted by molar-refractivity contribution is -0.145. The second-order valence-corrected chi connectivity index (χ2v) is 7.04. The topological polar surface area (TPSA) is 66.4 Å². The number of carboxylic acids is 1. The van der Waals surface area contributed by atoms with Crippen molar-refractivity contribution < 1.29 is 14.7 Å². The maximum Gasteiger partial charge on any atom is 0.329 e. The number of amides is 1. The summed E-state index contributed by atoms with van der Waals surface area (Å²) in [5, 5.41) is 12.4. The van der Waals surface area contributed by atoms with Crippen molar-refractivity contribution in [1.29, 1.82) is 0 Å². The summed E-state index contributed by atoms with van der Waals surface area (Å²) in [6.45, 7) is 3.85. The first-order valence-corrected chi connectivity index (χ1v) is 7.89. The Balaban J connectivity index is 2.21. The van der Waals surface area contributed by atoms with Crippen LogP contribution in [0.2, 0.25) is 0 Å². The SMILES string of the molecule is Cc1cc(C(=O)NC2(C(=O)O)CCCCCC2)c(C)s1. The molecule has 20 heavy (non-hydrogen) atoms. The van der Waals surface area contributed by atoms with Crippen molar-refractivity contribution in [2.45, 2.75) is 57.9 Å². The summed E-state index contributed by atoms with van der Waals surface area (Å²) in [5.41, 5.74) is -0.479. The van der Waals surface area contributed by atoms with Gasteiger partial charge in [0.05, 0.1) is 5.56 Å². The van der Waals surface area contributed by atoms with E-state index in [1.165, 1.54) is 0 Å². The van der Waals surface area contributed by atoms with Gasteiger partial charge in [-0.15, -0.1) is 11.3 Å². The first-order valence-electron chi connectivity index (χ1n) is 7.07. The van der Waals surface area contributed by atoms with Crippen LogP contribution in [0.15, 0.2) is 6.07 Å². The van der Waals surface area contributed by atoms with Crippen molar-refractivity contribution in [3.63, 3.8) is 0 Å². The monoisotopic (exact) mass is 295 g/mol. The molecule has 1 aromatic rings. The third kappa shape index (κ3) is 3.03. The number of carbonyl (C=O) groups is 2. The molecule has 0 aliphatic heterocycles. The van der Waals surface area contributed by atoms with Crippen LogP contribution in [0.4, 0.5) is 0 Å².